The van der Waals surface area contributed by atoms with Gasteiger partial charge in [-0.3, -0.25) is 4.90 Å². The summed E-state index contributed by atoms with van der Waals surface area (Å²) in [5.74, 6) is 0.211. The van der Waals surface area contributed by atoms with Crippen LogP contribution < -0.4 is 15.5 Å². The summed E-state index contributed by atoms with van der Waals surface area (Å²) in [5.41, 5.74) is 0.108. The molecule has 0 atom stereocenters. The van der Waals surface area contributed by atoms with Crippen LogP contribution in [0.3, 0.4) is 0 Å². The van der Waals surface area contributed by atoms with Crippen molar-refractivity contribution in [2.75, 3.05) is 49.5 Å². The van der Waals surface area contributed by atoms with Gasteiger partial charge in [0.15, 0.2) is 0 Å². The molecule has 3 rings (SSSR count). The molecule has 1 aliphatic heterocycles. The van der Waals surface area contributed by atoms with E-state index in [-0.39, 0.29) is 10.7 Å². The van der Waals surface area contributed by atoms with Crippen LogP contribution in [0.2, 0.25) is 5.02 Å². The molecule has 0 unspecified atom stereocenters. The Hall–Kier alpha value is -2.45. The number of benzene rings is 1. The summed E-state index contributed by atoms with van der Waals surface area (Å²) in [6.07, 6.45) is 4.32. The molecule has 2 heterocycles. The van der Waals surface area contributed by atoms with E-state index in [0.29, 0.717) is 6.54 Å². The number of nitrogens with one attached hydrogen (secondary N) is 2. The van der Waals surface area contributed by atoms with Crippen LogP contribution >= 0.6 is 11.6 Å². The Morgan fingerprint density at radius 2 is 1.93 bits per heavy atom. The smallest absolute Gasteiger partial charge is 0.319 e. The third-order valence-corrected chi connectivity index (χ3v) is 4.56. The Balaban J connectivity index is 1.32. The lowest BCUT2D eigenvalue weighted by atomic mass is 10.3. The Labute approximate surface area is 162 Å². The van der Waals surface area contributed by atoms with Gasteiger partial charge in [-0.1, -0.05) is 11.6 Å². The molecule has 2 N–H and O–H groups in total. The van der Waals surface area contributed by atoms with Gasteiger partial charge in [-0.2, -0.15) is 0 Å². The number of halogens is 2. The summed E-state index contributed by atoms with van der Waals surface area (Å²) in [4.78, 5) is 24.9. The number of carbonyl (C=O) groups excluding carboxylic acids is 1. The molecule has 2 aromatic rings. The van der Waals surface area contributed by atoms with Crippen LogP contribution in [-0.4, -0.2) is 60.2 Å². The third-order valence-electron chi connectivity index (χ3n) is 4.32. The number of hydrogen-bond donors (Lipinski definition) is 2. The molecule has 1 aliphatic rings. The molecule has 1 fully saturated rings. The molecular weight excluding hydrogens is 371 g/mol. The second-order valence-electron chi connectivity index (χ2n) is 6.24. The predicted molar refractivity (Wildman–Crippen MR) is 104 cm³/mol. The molecule has 0 radical (unpaired) electrons. The Morgan fingerprint density at radius 3 is 2.63 bits per heavy atom. The van der Waals surface area contributed by atoms with Crippen molar-refractivity contribution in [1.82, 2.24) is 20.2 Å². The normalized spacial score (nSPS) is 14.8. The first-order chi connectivity index (χ1) is 13.1. The molecule has 1 aromatic carbocycles. The molecule has 0 saturated carbocycles. The molecule has 144 valence electrons. The minimum absolute atomic E-state index is 0.108. The van der Waals surface area contributed by atoms with Crippen LogP contribution in [0.4, 0.5) is 20.8 Å². The third kappa shape index (κ3) is 5.77. The molecule has 0 aliphatic carbocycles. The van der Waals surface area contributed by atoms with Crippen LogP contribution in [-0.2, 0) is 0 Å². The summed E-state index contributed by atoms with van der Waals surface area (Å²) >= 11 is 5.69. The molecule has 1 aromatic heterocycles. The van der Waals surface area contributed by atoms with Crippen molar-refractivity contribution in [1.29, 1.82) is 0 Å². The number of piperazine rings is 1. The van der Waals surface area contributed by atoms with E-state index in [1.165, 1.54) is 12.1 Å². The second-order valence-corrected chi connectivity index (χ2v) is 6.67. The summed E-state index contributed by atoms with van der Waals surface area (Å²) in [6, 6.07) is 5.51. The van der Waals surface area contributed by atoms with Crippen molar-refractivity contribution in [3.05, 3.63) is 47.5 Å². The van der Waals surface area contributed by atoms with Crippen molar-refractivity contribution in [2.24, 2.45) is 0 Å². The minimum atomic E-state index is -0.557. The summed E-state index contributed by atoms with van der Waals surface area (Å²) in [7, 11) is 0. The lowest BCUT2D eigenvalue weighted by Gasteiger charge is -2.34. The van der Waals surface area contributed by atoms with Crippen LogP contribution in [0.15, 0.2) is 36.7 Å². The van der Waals surface area contributed by atoms with Gasteiger partial charge in [-0.05, 0) is 37.2 Å². The first-order valence-corrected chi connectivity index (χ1v) is 9.24. The number of anilines is 2. The van der Waals surface area contributed by atoms with E-state index >= 15 is 0 Å². The average molecular weight is 393 g/mol. The fraction of sp³-hybridized carbons (Fsp3) is 0.389. The van der Waals surface area contributed by atoms with E-state index in [1.54, 1.807) is 12.4 Å². The molecule has 1 saturated heterocycles. The highest BCUT2D eigenvalue weighted by molar-refractivity contribution is 6.30. The van der Waals surface area contributed by atoms with Gasteiger partial charge in [-0.25, -0.2) is 19.2 Å². The minimum Gasteiger partial charge on any atom is -0.338 e. The zero-order valence-electron chi connectivity index (χ0n) is 14.9. The summed E-state index contributed by atoms with van der Waals surface area (Å²) in [5, 5.41) is 5.51. The van der Waals surface area contributed by atoms with E-state index in [2.05, 4.69) is 30.4 Å². The number of rotatable bonds is 6. The second kappa shape index (κ2) is 9.48. The van der Waals surface area contributed by atoms with Gasteiger partial charge in [0.05, 0.1) is 5.69 Å². The van der Waals surface area contributed by atoms with Gasteiger partial charge in [0.25, 0.3) is 0 Å². The molecule has 9 heteroatoms. The number of carbonyl (C=O) groups is 1. The van der Waals surface area contributed by atoms with Gasteiger partial charge in [0, 0.05) is 50.1 Å². The summed E-state index contributed by atoms with van der Waals surface area (Å²) in [6.45, 7) is 5.03. The summed E-state index contributed by atoms with van der Waals surface area (Å²) < 4.78 is 13.6. The van der Waals surface area contributed by atoms with Crippen molar-refractivity contribution in [2.45, 2.75) is 6.42 Å². The van der Waals surface area contributed by atoms with Gasteiger partial charge < -0.3 is 15.5 Å². The highest BCUT2D eigenvalue weighted by Crippen LogP contribution is 2.18. The maximum absolute atomic E-state index is 13.6. The lowest BCUT2D eigenvalue weighted by Crippen LogP contribution is -2.47. The largest absolute Gasteiger partial charge is 0.338 e. The van der Waals surface area contributed by atoms with Gasteiger partial charge in [0.1, 0.15) is 5.82 Å². The molecule has 27 heavy (non-hydrogen) atoms. The van der Waals surface area contributed by atoms with Crippen molar-refractivity contribution in [3.63, 3.8) is 0 Å². The Bertz CT molecular complexity index is 755. The standard InChI is InChI=1S/C18H22ClFN6O/c19-14-3-4-16(15(20)13-14)24-18(27)23-7-2-8-25-9-11-26(12-10-25)17-21-5-1-6-22-17/h1,3-6,13H,2,7-12H2,(H2,23,24,27). The predicted octanol–water partition coefficient (Wildman–Crippen LogP) is 2.60. The van der Waals surface area contributed by atoms with Crippen molar-refractivity contribution in [3.8, 4) is 0 Å². The van der Waals surface area contributed by atoms with Crippen LogP contribution in [0.5, 0.6) is 0 Å². The van der Waals surface area contributed by atoms with Gasteiger partial charge >= 0.3 is 6.03 Å². The molecule has 2 amide bonds. The topological polar surface area (TPSA) is 73.4 Å². The van der Waals surface area contributed by atoms with Gasteiger partial charge in [-0.15, -0.1) is 0 Å². The SMILES string of the molecule is O=C(NCCCN1CCN(c2ncccn2)CC1)Nc1ccc(Cl)cc1F. The van der Waals surface area contributed by atoms with Crippen LogP contribution in [0.1, 0.15) is 6.42 Å². The highest BCUT2D eigenvalue weighted by atomic mass is 35.5. The van der Waals surface area contributed by atoms with E-state index < -0.39 is 11.8 Å². The average Bonchev–Trinajstić information content (AvgIpc) is 2.69. The maximum atomic E-state index is 13.6. The number of amides is 2. The number of urea groups is 1. The molecule has 0 spiro atoms. The van der Waals surface area contributed by atoms with E-state index in [4.69, 9.17) is 11.6 Å². The zero-order valence-corrected chi connectivity index (χ0v) is 15.6. The van der Waals surface area contributed by atoms with Crippen LogP contribution in [0.25, 0.3) is 0 Å². The molecule has 0 bridgehead atoms. The van der Waals surface area contributed by atoms with E-state index in [0.717, 1.165) is 51.2 Å². The fourth-order valence-corrected chi connectivity index (χ4v) is 3.05. The number of aromatic nitrogens is 2. The van der Waals surface area contributed by atoms with E-state index in [1.807, 2.05) is 6.07 Å². The Morgan fingerprint density at radius 1 is 1.19 bits per heavy atom. The lowest BCUT2D eigenvalue weighted by molar-refractivity contribution is 0.243. The quantitative estimate of drug-likeness (QED) is 0.739. The Kier molecular flexibility index (Phi) is 6.78. The van der Waals surface area contributed by atoms with Gasteiger partial charge in [0.2, 0.25) is 5.95 Å². The first kappa shape index (κ1) is 19.3. The highest BCUT2D eigenvalue weighted by Gasteiger charge is 2.18. The number of hydrogen-bond acceptors (Lipinski definition) is 5. The van der Waals surface area contributed by atoms with Crippen LogP contribution in [0, 0.1) is 5.82 Å². The van der Waals surface area contributed by atoms with Crippen molar-refractivity contribution < 1.29 is 9.18 Å². The van der Waals surface area contributed by atoms with Crippen molar-refractivity contribution >= 4 is 29.3 Å². The monoisotopic (exact) mass is 392 g/mol. The fourth-order valence-electron chi connectivity index (χ4n) is 2.89. The molecule has 7 nitrogen and oxygen atoms in total. The zero-order chi connectivity index (χ0) is 19.1. The molecular formula is C18H22ClFN6O. The maximum Gasteiger partial charge on any atom is 0.319 e. The number of nitrogens with zero attached hydrogens (tertiary/aromatic N) is 4. The van der Waals surface area contributed by atoms with E-state index in [9.17, 15) is 9.18 Å². The first-order valence-electron chi connectivity index (χ1n) is 8.86.